The molecule has 1 unspecified atom stereocenters. The molecule has 3 nitrogen and oxygen atoms in total. The van der Waals surface area contributed by atoms with Gasteiger partial charge in [0.15, 0.2) is 0 Å². The van der Waals surface area contributed by atoms with Crippen molar-refractivity contribution in [1.82, 2.24) is 4.90 Å². The van der Waals surface area contributed by atoms with E-state index in [1.54, 1.807) is 30.1 Å². The number of amides is 1. The summed E-state index contributed by atoms with van der Waals surface area (Å²) in [6, 6.07) is 5.16. The minimum absolute atomic E-state index is 0.0352. The molecule has 1 aromatic rings. The molecule has 1 fully saturated rings. The lowest BCUT2D eigenvalue weighted by Gasteiger charge is -2.37. The normalized spacial score (nSPS) is 23.7. The van der Waals surface area contributed by atoms with Crippen LogP contribution in [0.3, 0.4) is 0 Å². The van der Waals surface area contributed by atoms with E-state index in [0.29, 0.717) is 36.6 Å². The van der Waals surface area contributed by atoms with Gasteiger partial charge in [-0.3, -0.25) is 4.79 Å². The molecule has 23 heavy (non-hydrogen) atoms. The Morgan fingerprint density at radius 1 is 1.30 bits per heavy atom. The van der Waals surface area contributed by atoms with Crippen molar-refractivity contribution in [2.75, 3.05) is 13.7 Å². The van der Waals surface area contributed by atoms with Gasteiger partial charge in [0.25, 0.3) is 0 Å². The smallest absolute Gasteiger partial charge is 0.248 e. The molecular weight excluding hydrogens is 324 g/mol. The summed E-state index contributed by atoms with van der Waals surface area (Å²) in [6.07, 6.45) is 0.984. The maximum absolute atomic E-state index is 13.3. The lowest BCUT2D eigenvalue weighted by molar-refractivity contribution is -0.137. The summed E-state index contributed by atoms with van der Waals surface area (Å²) in [5, 5.41) is 0.562. The third-order valence-electron chi connectivity index (χ3n) is 4.89. The topological polar surface area (TPSA) is 29.5 Å². The van der Waals surface area contributed by atoms with Gasteiger partial charge in [0, 0.05) is 36.5 Å². The highest BCUT2D eigenvalue weighted by atomic mass is 35.5. The number of benzene rings is 1. The molecule has 1 amide bonds. The van der Waals surface area contributed by atoms with Crippen LogP contribution in [0.25, 0.3) is 0 Å². The van der Waals surface area contributed by atoms with Crippen molar-refractivity contribution in [2.45, 2.75) is 50.0 Å². The number of hydrogen-bond donors (Lipinski definition) is 0. The Kier molecular flexibility index (Phi) is 4.50. The molecule has 0 N–H and O–H groups in total. The Morgan fingerprint density at radius 3 is 2.70 bits per heavy atom. The van der Waals surface area contributed by atoms with Crippen LogP contribution < -0.4 is 4.74 Å². The SMILES string of the molecule is CN(C(=O)C1CCOc2ccc(Cl)cc21)C1CCC(F)(F)CC1. The summed E-state index contributed by atoms with van der Waals surface area (Å²) in [5.74, 6) is -2.25. The molecule has 0 spiro atoms. The van der Waals surface area contributed by atoms with Crippen molar-refractivity contribution in [3.63, 3.8) is 0 Å². The van der Waals surface area contributed by atoms with Gasteiger partial charge in [0.2, 0.25) is 11.8 Å². The quantitative estimate of drug-likeness (QED) is 0.803. The zero-order chi connectivity index (χ0) is 16.6. The number of hydrogen-bond acceptors (Lipinski definition) is 2. The molecule has 1 heterocycles. The first-order chi connectivity index (χ1) is 10.9. The van der Waals surface area contributed by atoms with Crippen LogP contribution in [-0.2, 0) is 4.79 Å². The van der Waals surface area contributed by atoms with Gasteiger partial charge in [-0.1, -0.05) is 11.6 Å². The number of nitrogens with zero attached hydrogens (tertiary/aromatic N) is 1. The Labute approximate surface area is 139 Å². The van der Waals surface area contributed by atoms with E-state index in [9.17, 15) is 13.6 Å². The Hall–Kier alpha value is -1.36. The number of carbonyl (C=O) groups is 1. The number of ether oxygens (including phenoxy) is 1. The second kappa shape index (κ2) is 6.27. The van der Waals surface area contributed by atoms with Crippen molar-refractivity contribution in [2.24, 2.45) is 0 Å². The fourth-order valence-corrected chi connectivity index (χ4v) is 3.64. The maximum atomic E-state index is 13.3. The van der Waals surface area contributed by atoms with Crippen LogP contribution >= 0.6 is 11.6 Å². The van der Waals surface area contributed by atoms with Gasteiger partial charge < -0.3 is 9.64 Å². The van der Waals surface area contributed by atoms with E-state index < -0.39 is 5.92 Å². The summed E-state index contributed by atoms with van der Waals surface area (Å²) in [7, 11) is 1.72. The van der Waals surface area contributed by atoms with E-state index in [0.717, 1.165) is 5.56 Å². The zero-order valence-corrected chi connectivity index (χ0v) is 13.8. The van der Waals surface area contributed by atoms with Crippen molar-refractivity contribution in [3.05, 3.63) is 28.8 Å². The summed E-state index contributed by atoms with van der Waals surface area (Å²) in [5.41, 5.74) is 0.793. The van der Waals surface area contributed by atoms with E-state index >= 15 is 0 Å². The number of alkyl halides is 2. The average molecular weight is 344 g/mol. The number of halogens is 3. The van der Waals surface area contributed by atoms with Gasteiger partial charge in [-0.2, -0.15) is 0 Å². The van der Waals surface area contributed by atoms with Crippen LogP contribution in [0.1, 0.15) is 43.6 Å². The lowest BCUT2D eigenvalue weighted by Crippen LogP contribution is -2.44. The van der Waals surface area contributed by atoms with Crippen LogP contribution in [0.2, 0.25) is 5.02 Å². The van der Waals surface area contributed by atoms with Crippen LogP contribution in [-0.4, -0.2) is 36.4 Å². The Morgan fingerprint density at radius 2 is 2.00 bits per heavy atom. The fourth-order valence-electron chi connectivity index (χ4n) is 3.46. The van der Waals surface area contributed by atoms with Crippen LogP contribution in [0.15, 0.2) is 18.2 Å². The first kappa shape index (κ1) is 16.5. The monoisotopic (exact) mass is 343 g/mol. The lowest BCUT2D eigenvalue weighted by atomic mass is 9.88. The Balaban J connectivity index is 1.75. The average Bonchev–Trinajstić information content (AvgIpc) is 2.53. The van der Waals surface area contributed by atoms with E-state index in [1.807, 2.05) is 0 Å². The number of rotatable bonds is 2. The standard InChI is InChI=1S/C17H20ClF2NO2/c1-21(12-4-7-17(19,20)8-5-12)16(22)13-6-9-23-15-3-2-11(18)10-14(13)15/h2-3,10,12-13H,4-9H2,1H3. The molecule has 1 aromatic carbocycles. The molecule has 2 aliphatic rings. The highest BCUT2D eigenvalue weighted by molar-refractivity contribution is 6.30. The van der Waals surface area contributed by atoms with Crippen LogP contribution in [0.5, 0.6) is 5.75 Å². The first-order valence-corrected chi connectivity index (χ1v) is 8.32. The van der Waals surface area contributed by atoms with Gasteiger partial charge in [0.05, 0.1) is 12.5 Å². The fraction of sp³-hybridized carbons (Fsp3) is 0.588. The predicted molar refractivity (Wildman–Crippen MR) is 84.3 cm³/mol. The molecule has 6 heteroatoms. The molecule has 1 aliphatic carbocycles. The van der Waals surface area contributed by atoms with E-state index in [1.165, 1.54) is 0 Å². The Bertz CT molecular complexity index is 598. The van der Waals surface area contributed by atoms with E-state index in [2.05, 4.69) is 0 Å². The van der Waals surface area contributed by atoms with Gasteiger partial charge in [-0.25, -0.2) is 8.78 Å². The van der Waals surface area contributed by atoms with Crippen molar-refractivity contribution in [3.8, 4) is 5.75 Å². The molecule has 3 rings (SSSR count). The molecule has 126 valence electrons. The maximum Gasteiger partial charge on any atom is 0.248 e. The third-order valence-corrected chi connectivity index (χ3v) is 5.13. The number of carbonyl (C=O) groups excluding carboxylic acids is 1. The van der Waals surface area contributed by atoms with Gasteiger partial charge in [-0.15, -0.1) is 0 Å². The van der Waals surface area contributed by atoms with Crippen LogP contribution in [0, 0.1) is 0 Å². The number of fused-ring (bicyclic) bond motifs is 1. The third kappa shape index (κ3) is 3.44. The summed E-state index contributed by atoms with van der Waals surface area (Å²) in [4.78, 5) is 14.5. The van der Waals surface area contributed by atoms with Gasteiger partial charge >= 0.3 is 0 Å². The van der Waals surface area contributed by atoms with E-state index in [4.69, 9.17) is 16.3 Å². The largest absolute Gasteiger partial charge is 0.493 e. The van der Waals surface area contributed by atoms with Crippen molar-refractivity contribution in [1.29, 1.82) is 0 Å². The van der Waals surface area contributed by atoms with Gasteiger partial charge in [0.1, 0.15) is 5.75 Å². The highest BCUT2D eigenvalue weighted by Gasteiger charge is 2.39. The molecule has 0 saturated heterocycles. The second-order valence-electron chi connectivity index (χ2n) is 6.41. The van der Waals surface area contributed by atoms with Crippen molar-refractivity contribution < 1.29 is 18.3 Å². The number of likely N-dealkylation sites (N-methyl/N-ethyl adjacent to an activating group) is 1. The molecular formula is C17H20ClF2NO2. The van der Waals surface area contributed by atoms with Gasteiger partial charge in [-0.05, 0) is 37.5 Å². The molecule has 1 aliphatic heterocycles. The minimum Gasteiger partial charge on any atom is -0.493 e. The predicted octanol–water partition coefficient (Wildman–Crippen LogP) is 4.24. The second-order valence-corrected chi connectivity index (χ2v) is 6.84. The first-order valence-electron chi connectivity index (χ1n) is 7.94. The summed E-state index contributed by atoms with van der Waals surface area (Å²) >= 11 is 6.04. The molecule has 0 radical (unpaired) electrons. The molecule has 0 aromatic heterocycles. The summed E-state index contributed by atoms with van der Waals surface area (Å²) in [6.45, 7) is 0.474. The van der Waals surface area contributed by atoms with Crippen molar-refractivity contribution >= 4 is 17.5 Å². The minimum atomic E-state index is -2.58. The highest BCUT2D eigenvalue weighted by Crippen LogP contribution is 2.39. The van der Waals surface area contributed by atoms with E-state index in [-0.39, 0.29) is 30.7 Å². The van der Waals surface area contributed by atoms with Crippen LogP contribution in [0.4, 0.5) is 8.78 Å². The molecule has 1 atom stereocenters. The zero-order valence-electron chi connectivity index (χ0n) is 13.0. The molecule has 1 saturated carbocycles. The summed E-state index contributed by atoms with van der Waals surface area (Å²) < 4.78 is 32.2. The molecule has 0 bridgehead atoms.